The number of carbonyl (C=O) groups excluding carboxylic acids is 3. The van der Waals surface area contributed by atoms with Crippen molar-refractivity contribution >= 4 is 23.5 Å². The molecule has 2 rings (SSSR count). The summed E-state index contributed by atoms with van der Waals surface area (Å²) in [4.78, 5) is 35.3. The minimum Gasteiger partial charge on any atom is -0.493 e. The second kappa shape index (κ2) is 6.64. The van der Waals surface area contributed by atoms with Crippen molar-refractivity contribution in [2.45, 2.75) is 25.8 Å². The van der Waals surface area contributed by atoms with Gasteiger partial charge in [-0.15, -0.1) is 0 Å². The molecule has 0 radical (unpaired) electrons. The Labute approximate surface area is 132 Å². The summed E-state index contributed by atoms with van der Waals surface area (Å²) in [5, 5.41) is 4.88. The van der Waals surface area contributed by atoms with Crippen LogP contribution in [0.25, 0.3) is 0 Å². The smallest absolute Gasteiger partial charge is 0.407 e. The van der Waals surface area contributed by atoms with Crippen molar-refractivity contribution in [3.05, 3.63) is 23.0 Å². The van der Waals surface area contributed by atoms with E-state index in [1.807, 2.05) is 0 Å². The second-order valence-electron chi connectivity index (χ2n) is 5.07. The lowest BCUT2D eigenvalue weighted by Crippen LogP contribution is -2.44. The Morgan fingerprint density at radius 2 is 2.04 bits per heavy atom. The first-order valence-electron chi connectivity index (χ1n) is 6.94. The zero-order valence-corrected chi connectivity index (χ0v) is 13.0. The van der Waals surface area contributed by atoms with Crippen LogP contribution in [0.5, 0.6) is 5.75 Å². The molecule has 1 atom stereocenters. The molecule has 1 aromatic carbocycles. The normalized spacial score (nSPS) is 16.3. The zero-order valence-electron chi connectivity index (χ0n) is 13.0. The van der Waals surface area contributed by atoms with E-state index in [1.165, 1.54) is 21.1 Å². The third-order valence-corrected chi connectivity index (χ3v) is 3.57. The second-order valence-corrected chi connectivity index (χ2v) is 5.07. The molecule has 0 fully saturated rings. The Morgan fingerprint density at radius 1 is 1.35 bits per heavy atom. The average Bonchev–Trinajstić information content (AvgIpc) is 2.49. The minimum absolute atomic E-state index is 0.0287. The molecule has 0 saturated heterocycles. The van der Waals surface area contributed by atoms with Gasteiger partial charge in [-0.1, -0.05) is 0 Å². The summed E-state index contributed by atoms with van der Waals surface area (Å²) in [5.41, 5.74) is 0.586. The Balaban J connectivity index is 2.51. The van der Waals surface area contributed by atoms with Crippen LogP contribution >= 0.6 is 0 Å². The number of hydrogen-bond donors (Lipinski definition) is 2. The molecule has 1 aliphatic rings. The van der Waals surface area contributed by atoms with Crippen LogP contribution in [0, 0.1) is 5.82 Å². The molecule has 0 heterocycles. The number of ketones is 1. The Hall–Kier alpha value is -2.64. The van der Waals surface area contributed by atoms with Gasteiger partial charge >= 0.3 is 6.09 Å². The van der Waals surface area contributed by atoms with Crippen LogP contribution in [0.1, 0.15) is 29.3 Å². The number of rotatable bonds is 3. The summed E-state index contributed by atoms with van der Waals surface area (Å²) in [6.45, 7) is 1.26. The summed E-state index contributed by atoms with van der Waals surface area (Å²) in [6.07, 6.45) is -0.147. The molecule has 7 nitrogen and oxygen atoms in total. The Kier molecular flexibility index (Phi) is 4.83. The molecule has 124 valence electrons. The number of fused-ring (bicyclic) bond motifs is 1. The van der Waals surface area contributed by atoms with E-state index in [9.17, 15) is 18.8 Å². The van der Waals surface area contributed by atoms with E-state index in [0.717, 1.165) is 6.07 Å². The predicted molar refractivity (Wildman–Crippen MR) is 79.2 cm³/mol. The van der Waals surface area contributed by atoms with Crippen molar-refractivity contribution in [3.63, 3.8) is 0 Å². The van der Waals surface area contributed by atoms with Gasteiger partial charge in [-0.2, -0.15) is 0 Å². The van der Waals surface area contributed by atoms with Crippen molar-refractivity contribution in [2.75, 3.05) is 19.5 Å². The Bertz CT molecular complexity index is 674. The standard InChI is InChI=1S/C15H17FN2O5/c1-7(19)17-11-6-9(16)14(22-2)8-4-5-10(13(20)12(8)11)18-15(21)23-3/h6,10H,4-5H2,1-3H3,(H,17,19)(H,18,21). The molecule has 1 aromatic rings. The monoisotopic (exact) mass is 324 g/mol. The summed E-state index contributed by atoms with van der Waals surface area (Å²) >= 11 is 0. The molecule has 1 unspecified atom stereocenters. The van der Waals surface area contributed by atoms with Gasteiger partial charge < -0.3 is 20.1 Å². The lowest BCUT2D eigenvalue weighted by Gasteiger charge is -2.27. The maximum Gasteiger partial charge on any atom is 0.407 e. The number of nitrogens with one attached hydrogen (secondary N) is 2. The fraction of sp³-hybridized carbons (Fsp3) is 0.400. The highest BCUT2D eigenvalue weighted by Gasteiger charge is 2.34. The number of amides is 2. The molecule has 0 bridgehead atoms. The van der Waals surface area contributed by atoms with Crippen molar-refractivity contribution in [1.82, 2.24) is 5.32 Å². The van der Waals surface area contributed by atoms with Crippen LogP contribution in [0.3, 0.4) is 0 Å². The number of ether oxygens (including phenoxy) is 2. The Morgan fingerprint density at radius 3 is 2.61 bits per heavy atom. The SMILES string of the molecule is COC(=O)NC1CCc2c(OC)c(F)cc(NC(C)=O)c2C1=O. The third-order valence-electron chi connectivity index (χ3n) is 3.57. The molecule has 8 heteroatoms. The third kappa shape index (κ3) is 3.25. The number of hydrogen-bond acceptors (Lipinski definition) is 5. The van der Waals surface area contributed by atoms with Gasteiger partial charge in [0.25, 0.3) is 0 Å². The summed E-state index contributed by atoms with van der Waals surface area (Å²) in [7, 11) is 2.50. The number of methoxy groups -OCH3 is 2. The fourth-order valence-corrected chi connectivity index (χ4v) is 2.65. The van der Waals surface area contributed by atoms with E-state index >= 15 is 0 Å². The first-order valence-corrected chi connectivity index (χ1v) is 6.94. The van der Waals surface area contributed by atoms with Gasteiger partial charge in [0.2, 0.25) is 5.91 Å². The van der Waals surface area contributed by atoms with Crippen molar-refractivity contribution in [1.29, 1.82) is 0 Å². The summed E-state index contributed by atoms with van der Waals surface area (Å²) in [6, 6.07) is 0.231. The molecule has 23 heavy (non-hydrogen) atoms. The number of benzene rings is 1. The molecule has 0 aliphatic heterocycles. The minimum atomic E-state index is -0.808. The quantitative estimate of drug-likeness (QED) is 0.881. The van der Waals surface area contributed by atoms with Gasteiger partial charge in [0.15, 0.2) is 17.3 Å². The molecule has 0 spiro atoms. The number of Topliss-reactive ketones (excluding diaryl/α,β-unsaturated/α-hetero) is 1. The summed E-state index contributed by atoms with van der Waals surface area (Å²) < 4.78 is 23.6. The average molecular weight is 324 g/mol. The van der Waals surface area contributed by atoms with Crippen molar-refractivity contribution in [2.24, 2.45) is 0 Å². The first kappa shape index (κ1) is 16.7. The van der Waals surface area contributed by atoms with E-state index in [0.29, 0.717) is 12.0 Å². The van der Waals surface area contributed by atoms with Crippen molar-refractivity contribution in [3.8, 4) is 5.75 Å². The van der Waals surface area contributed by atoms with Gasteiger partial charge in [0, 0.05) is 18.6 Å². The molecule has 0 saturated carbocycles. The lowest BCUT2D eigenvalue weighted by molar-refractivity contribution is -0.114. The van der Waals surface area contributed by atoms with E-state index in [-0.39, 0.29) is 23.4 Å². The van der Waals surface area contributed by atoms with Crippen molar-refractivity contribution < 1.29 is 28.2 Å². The maximum absolute atomic E-state index is 14.1. The van der Waals surface area contributed by atoms with Crippen LogP contribution in [0.15, 0.2) is 6.07 Å². The van der Waals surface area contributed by atoms with Gasteiger partial charge in [-0.25, -0.2) is 9.18 Å². The highest BCUT2D eigenvalue weighted by Crippen LogP contribution is 2.37. The zero-order chi connectivity index (χ0) is 17.1. The van der Waals surface area contributed by atoms with Crippen LogP contribution in [-0.4, -0.2) is 38.0 Å². The molecule has 0 aromatic heterocycles. The first-order chi connectivity index (χ1) is 10.9. The van der Waals surface area contributed by atoms with E-state index in [1.54, 1.807) is 0 Å². The van der Waals surface area contributed by atoms with Crippen LogP contribution < -0.4 is 15.4 Å². The van der Waals surface area contributed by atoms with E-state index in [2.05, 4.69) is 15.4 Å². The number of anilines is 1. The predicted octanol–water partition coefficient (Wildman–Crippen LogP) is 1.65. The molecule has 1 aliphatic carbocycles. The highest BCUT2D eigenvalue weighted by molar-refractivity contribution is 6.10. The highest BCUT2D eigenvalue weighted by atomic mass is 19.1. The van der Waals surface area contributed by atoms with Crippen LogP contribution in [0.2, 0.25) is 0 Å². The van der Waals surface area contributed by atoms with Crippen LogP contribution in [-0.2, 0) is 16.0 Å². The molecule has 2 N–H and O–H groups in total. The lowest BCUT2D eigenvalue weighted by atomic mass is 9.85. The molecular weight excluding hydrogens is 307 g/mol. The number of carbonyl (C=O) groups is 3. The molecule has 2 amide bonds. The molecular formula is C15H17FN2O5. The number of halogens is 1. The van der Waals surface area contributed by atoms with Gasteiger partial charge in [-0.05, 0) is 12.8 Å². The van der Waals surface area contributed by atoms with Gasteiger partial charge in [-0.3, -0.25) is 9.59 Å². The maximum atomic E-state index is 14.1. The topological polar surface area (TPSA) is 93.7 Å². The summed E-state index contributed by atoms with van der Waals surface area (Å²) in [5.74, 6) is -1.56. The van der Waals surface area contributed by atoms with Gasteiger partial charge in [0.05, 0.1) is 31.5 Å². The van der Waals surface area contributed by atoms with E-state index in [4.69, 9.17) is 4.74 Å². The largest absolute Gasteiger partial charge is 0.493 e. The van der Waals surface area contributed by atoms with E-state index < -0.39 is 29.6 Å². The number of alkyl carbamates (subject to hydrolysis) is 1. The van der Waals surface area contributed by atoms with Gasteiger partial charge in [0.1, 0.15) is 0 Å². The fourth-order valence-electron chi connectivity index (χ4n) is 2.65. The van der Waals surface area contributed by atoms with Crippen LogP contribution in [0.4, 0.5) is 14.9 Å².